The molecule has 1 saturated heterocycles. The van der Waals surface area contributed by atoms with Gasteiger partial charge < -0.3 is 14.2 Å². The molecule has 2 heterocycles. The van der Waals surface area contributed by atoms with Crippen molar-refractivity contribution in [1.82, 2.24) is 19.9 Å². The predicted molar refractivity (Wildman–Crippen MR) is 114 cm³/mol. The Labute approximate surface area is 184 Å². The number of hydrogen-bond acceptors (Lipinski definition) is 7. The van der Waals surface area contributed by atoms with E-state index in [9.17, 15) is 9.59 Å². The second kappa shape index (κ2) is 9.28. The molecule has 0 saturated carbocycles. The van der Waals surface area contributed by atoms with E-state index < -0.39 is 5.97 Å². The molecular formula is C22H21ClN4O4. The molecule has 0 N–H and O–H groups in total. The number of esters is 1. The number of halogens is 1. The molecule has 1 amide bonds. The van der Waals surface area contributed by atoms with Crippen LogP contribution in [-0.4, -0.2) is 65.1 Å². The zero-order chi connectivity index (χ0) is 21.8. The molecular weight excluding hydrogens is 420 g/mol. The van der Waals surface area contributed by atoms with Crippen LogP contribution < -0.4 is 0 Å². The second-order valence-corrected chi connectivity index (χ2v) is 7.59. The van der Waals surface area contributed by atoms with Crippen molar-refractivity contribution in [1.29, 1.82) is 0 Å². The summed E-state index contributed by atoms with van der Waals surface area (Å²) in [5.74, 6) is 0.575. The smallest absolute Gasteiger partial charge is 0.337 e. The van der Waals surface area contributed by atoms with Crippen molar-refractivity contribution >= 4 is 23.5 Å². The molecule has 31 heavy (non-hydrogen) atoms. The van der Waals surface area contributed by atoms with E-state index in [1.54, 1.807) is 41.3 Å². The molecule has 0 spiro atoms. The minimum atomic E-state index is -0.423. The lowest BCUT2D eigenvalue weighted by Gasteiger charge is -2.34. The van der Waals surface area contributed by atoms with Gasteiger partial charge in [-0.05, 0) is 48.5 Å². The highest BCUT2D eigenvalue weighted by atomic mass is 35.5. The van der Waals surface area contributed by atoms with Gasteiger partial charge in [0.2, 0.25) is 11.7 Å². The largest absolute Gasteiger partial charge is 0.465 e. The predicted octanol–water partition coefficient (Wildman–Crippen LogP) is 3.13. The summed E-state index contributed by atoms with van der Waals surface area (Å²) in [5, 5.41) is 4.69. The Kier molecular flexibility index (Phi) is 6.29. The van der Waals surface area contributed by atoms with Crippen molar-refractivity contribution in [3.8, 4) is 11.4 Å². The molecule has 2 aromatic carbocycles. The van der Waals surface area contributed by atoms with Crippen LogP contribution in [0.1, 0.15) is 26.6 Å². The molecule has 1 fully saturated rings. The van der Waals surface area contributed by atoms with E-state index in [1.165, 1.54) is 7.11 Å². The van der Waals surface area contributed by atoms with Gasteiger partial charge in [-0.2, -0.15) is 4.98 Å². The van der Waals surface area contributed by atoms with Crippen LogP contribution in [0.3, 0.4) is 0 Å². The number of piperazine rings is 1. The molecule has 160 valence electrons. The molecule has 0 unspecified atom stereocenters. The number of ether oxygens (including phenoxy) is 1. The SMILES string of the molecule is COC(=O)c1ccc(C(=O)N2CCN(Cc3nc(-c4ccc(Cl)cc4)no3)CC2)cc1. The lowest BCUT2D eigenvalue weighted by molar-refractivity contribution is 0.0593. The van der Waals surface area contributed by atoms with Gasteiger partial charge in [0.1, 0.15) is 0 Å². The van der Waals surface area contributed by atoms with E-state index in [1.807, 2.05) is 12.1 Å². The van der Waals surface area contributed by atoms with Crippen molar-refractivity contribution in [2.75, 3.05) is 33.3 Å². The second-order valence-electron chi connectivity index (χ2n) is 7.16. The van der Waals surface area contributed by atoms with E-state index in [-0.39, 0.29) is 5.91 Å². The average molecular weight is 441 g/mol. The van der Waals surface area contributed by atoms with Gasteiger partial charge in [0.15, 0.2) is 0 Å². The van der Waals surface area contributed by atoms with E-state index in [0.29, 0.717) is 60.6 Å². The first-order valence-corrected chi connectivity index (χ1v) is 10.2. The molecule has 0 atom stereocenters. The topological polar surface area (TPSA) is 88.8 Å². The van der Waals surface area contributed by atoms with Crippen molar-refractivity contribution in [3.63, 3.8) is 0 Å². The summed E-state index contributed by atoms with van der Waals surface area (Å²) >= 11 is 5.91. The highest BCUT2D eigenvalue weighted by Crippen LogP contribution is 2.19. The first-order valence-electron chi connectivity index (χ1n) is 9.82. The third kappa shape index (κ3) is 4.92. The molecule has 0 aliphatic carbocycles. The fourth-order valence-electron chi connectivity index (χ4n) is 3.38. The number of carbonyl (C=O) groups excluding carboxylic acids is 2. The maximum Gasteiger partial charge on any atom is 0.337 e. The summed E-state index contributed by atoms with van der Waals surface area (Å²) < 4.78 is 10.1. The summed E-state index contributed by atoms with van der Waals surface area (Å²) in [7, 11) is 1.33. The van der Waals surface area contributed by atoms with Crippen LogP contribution in [0.25, 0.3) is 11.4 Å². The van der Waals surface area contributed by atoms with E-state index in [2.05, 4.69) is 19.8 Å². The monoisotopic (exact) mass is 440 g/mol. The van der Waals surface area contributed by atoms with Gasteiger partial charge in [0.05, 0.1) is 19.2 Å². The quantitative estimate of drug-likeness (QED) is 0.563. The molecule has 1 aliphatic heterocycles. The summed E-state index contributed by atoms with van der Waals surface area (Å²) in [5.41, 5.74) is 1.81. The molecule has 9 heteroatoms. The molecule has 0 bridgehead atoms. The number of methoxy groups -OCH3 is 1. The van der Waals surface area contributed by atoms with Gasteiger partial charge in [-0.15, -0.1) is 0 Å². The van der Waals surface area contributed by atoms with Gasteiger partial charge in [0, 0.05) is 42.3 Å². The fraction of sp³-hybridized carbons (Fsp3) is 0.273. The first-order chi connectivity index (χ1) is 15.0. The van der Waals surface area contributed by atoms with Gasteiger partial charge >= 0.3 is 5.97 Å². The van der Waals surface area contributed by atoms with Crippen LogP contribution in [0.4, 0.5) is 0 Å². The van der Waals surface area contributed by atoms with Crippen LogP contribution in [0, 0.1) is 0 Å². The van der Waals surface area contributed by atoms with E-state index in [4.69, 9.17) is 16.1 Å². The minimum absolute atomic E-state index is 0.0566. The Morgan fingerprint density at radius 1 is 1.00 bits per heavy atom. The van der Waals surface area contributed by atoms with Crippen molar-refractivity contribution in [2.24, 2.45) is 0 Å². The van der Waals surface area contributed by atoms with Gasteiger partial charge in [-0.3, -0.25) is 9.69 Å². The van der Waals surface area contributed by atoms with Crippen molar-refractivity contribution < 1.29 is 18.8 Å². The molecule has 8 nitrogen and oxygen atoms in total. The number of nitrogens with zero attached hydrogens (tertiary/aromatic N) is 4. The lowest BCUT2D eigenvalue weighted by Crippen LogP contribution is -2.48. The highest BCUT2D eigenvalue weighted by molar-refractivity contribution is 6.30. The number of rotatable bonds is 5. The van der Waals surface area contributed by atoms with Crippen LogP contribution in [0.2, 0.25) is 5.02 Å². The maximum absolute atomic E-state index is 12.7. The summed E-state index contributed by atoms with van der Waals surface area (Å²) in [6.45, 7) is 3.11. The van der Waals surface area contributed by atoms with Crippen LogP contribution in [0.15, 0.2) is 53.1 Å². The van der Waals surface area contributed by atoms with Gasteiger partial charge in [-0.25, -0.2) is 4.79 Å². The van der Waals surface area contributed by atoms with Crippen molar-refractivity contribution in [3.05, 3.63) is 70.6 Å². The Morgan fingerprint density at radius 2 is 1.65 bits per heavy atom. The molecule has 3 aromatic rings. The van der Waals surface area contributed by atoms with Crippen LogP contribution in [0.5, 0.6) is 0 Å². The molecule has 1 aliphatic rings. The Morgan fingerprint density at radius 3 is 2.29 bits per heavy atom. The number of benzene rings is 2. The molecule has 1 aromatic heterocycles. The summed E-state index contributed by atoms with van der Waals surface area (Å²) in [4.78, 5) is 32.7. The van der Waals surface area contributed by atoms with Gasteiger partial charge in [0.25, 0.3) is 5.91 Å². The zero-order valence-corrected chi connectivity index (χ0v) is 17.7. The minimum Gasteiger partial charge on any atom is -0.465 e. The van der Waals surface area contributed by atoms with E-state index in [0.717, 1.165) is 5.56 Å². The Bertz CT molecular complexity index is 1060. The molecule has 4 rings (SSSR count). The summed E-state index contributed by atoms with van der Waals surface area (Å²) in [6.07, 6.45) is 0. The number of aromatic nitrogens is 2. The van der Waals surface area contributed by atoms with Crippen LogP contribution >= 0.6 is 11.6 Å². The first kappa shape index (κ1) is 21.0. The van der Waals surface area contributed by atoms with Crippen molar-refractivity contribution in [2.45, 2.75) is 6.54 Å². The number of hydrogen-bond donors (Lipinski definition) is 0. The maximum atomic E-state index is 12.7. The standard InChI is InChI=1S/C22H21ClN4O4/c1-30-22(29)17-4-2-16(3-5-17)21(28)27-12-10-26(11-13-27)14-19-24-20(25-31-19)15-6-8-18(23)9-7-15/h2-9H,10-14H2,1H3. The molecule has 0 radical (unpaired) electrons. The summed E-state index contributed by atoms with van der Waals surface area (Å²) in [6, 6.07) is 13.8. The lowest BCUT2D eigenvalue weighted by atomic mass is 10.1. The normalized spacial score (nSPS) is 14.5. The highest BCUT2D eigenvalue weighted by Gasteiger charge is 2.23. The van der Waals surface area contributed by atoms with Gasteiger partial charge in [-0.1, -0.05) is 16.8 Å². The average Bonchev–Trinajstić information content (AvgIpc) is 3.27. The Hall–Kier alpha value is -3.23. The van der Waals surface area contributed by atoms with E-state index >= 15 is 0 Å². The third-order valence-corrected chi connectivity index (χ3v) is 5.39. The van der Waals surface area contributed by atoms with Crippen LogP contribution in [-0.2, 0) is 11.3 Å². The number of amides is 1. The third-order valence-electron chi connectivity index (χ3n) is 5.14. The zero-order valence-electron chi connectivity index (χ0n) is 17.0. The Balaban J connectivity index is 1.31. The number of carbonyl (C=O) groups is 2. The fourth-order valence-corrected chi connectivity index (χ4v) is 3.51.